The van der Waals surface area contributed by atoms with Gasteiger partial charge in [0.15, 0.2) is 0 Å². The van der Waals surface area contributed by atoms with Crippen molar-refractivity contribution in [3.63, 3.8) is 0 Å². The molecule has 0 aliphatic heterocycles. The van der Waals surface area contributed by atoms with Gasteiger partial charge in [0.05, 0.1) is 12.1 Å². The Balaban J connectivity index is 2.01. The number of carbonyl (C=O) groups is 1. The van der Waals surface area contributed by atoms with Gasteiger partial charge in [-0.2, -0.15) is 0 Å². The van der Waals surface area contributed by atoms with Crippen molar-refractivity contribution in [1.82, 2.24) is 10.3 Å². The molecule has 1 aromatic heterocycles. The van der Waals surface area contributed by atoms with Crippen molar-refractivity contribution in [2.75, 3.05) is 11.9 Å². The number of aromatic nitrogens is 1. The summed E-state index contributed by atoms with van der Waals surface area (Å²) in [7, 11) is 0. The number of benzene rings is 1. The van der Waals surface area contributed by atoms with Crippen LogP contribution in [-0.2, 0) is 6.54 Å². The van der Waals surface area contributed by atoms with E-state index < -0.39 is 0 Å². The first-order valence-corrected chi connectivity index (χ1v) is 7.54. The number of anilines is 1. The molecule has 0 unspecified atom stereocenters. The third kappa shape index (κ3) is 3.81. The summed E-state index contributed by atoms with van der Waals surface area (Å²) in [5.74, 6) is -0.0722. The van der Waals surface area contributed by atoms with Crippen LogP contribution in [-0.4, -0.2) is 17.4 Å². The number of hydrogen-bond donors (Lipinski definition) is 2. The molecule has 2 aromatic rings. The number of hydrogen-bond acceptors (Lipinski definition) is 4. The van der Waals surface area contributed by atoms with E-state index in [2.05, 4.69) is 22.5 Å². The Morgan fingerprint density at radius 2 is 2.15 bits per heavy atom. The highest BCUT2D eigenvalue weighted by molar-refractivity contribution is 7.11. The van der Waals surface area contributed by atoms with Crippen molar-refractivity contribution in [3.8, 4) is 0 Å². The number of amides is 1. The first-order valence-electron chi connectivity index (χ1n) is 6.73. The predicted molar refractivity (Wildman–Crippen MR) is 83.2 cm³/mol. The first-order chi connectivity index (χ1) is 9.70. The molecule has 0 spiro atoms. The van der Waals surface area contributed by atoms with E-state index in [1.807, 2.05) is 37.4 Å². The summed E-state index contributed by atoms with van der Waals surface area (Å²) in [5, 5.41) is 7.11. The molecule has 0 atom stereocenters. The standard InChI is InChI=1S/C15H19N3OS/c1-3-8-16-13-7-5-4-6-12(13)15(19)18-10-14-17-9-11(2)20-14/h4-7,9,16H,3,8,10H2,1-2H3,(H,18,19). The van der Waals surface area contributed by atoms with Crippen LogP contribution in [0.2, 0.25) is 0 Å². The Morgan fingerprint density at radius 3 is 2.85 bits per heavy atom. The highest BCUT2D eigenvalue weighted by Crippen LogP contribution is 2.16. The van der Waals surface area contributed by atoms with Gasteiger partial charge in [-0.25, -0.2) is 4.98 Å². The van der Waals surface area contributed by atoms with Crippen LogP contribution < -0.4 is 10.6 Å². The molecular formula is C15H19N3OS. The minimum atomic E-state index is -0.0722. The Bertz CT molecular complexity index is 580. The lowest BCUT2D eigenvalue weighted by Crippen LogP contribution is -2.24. The van der Waals surface area contributed by atoms with Gasteiger partial charge in [-0.1, -0.05) is 19.1 Å². The molecule has 2 rings (SSSR count). The lowest BCUT2D eigenvalue weighted by molar-refractivity contribution is 0.0951. The summed E-state index contributed by atoms with van der Waals surface area (Å²) in [6.07, 6.45) is 2.84. The fraction of sp³-hybridized carbons (Fsp3) is 0.333. The normalized spacial score (nSPS) is 10.3. The van der Waals surface area contributed by atoms with Gasteiger partial charge < -0.3 is 10.6 Å². The third-order valence-corrected chi connectivity index (χ3v) is 3.72. The number of nitrogens with one attached hydrogen (secondary N) is 2. The molecule has 106 valence electrons. The summed E-state index contributed by atoms with van der Waals surface area (Å²) < 4.78 is 0. The monoisotopic (exact) mass is 289 g/mol. The minimum Gasteiger partial charge on any atom is -0.384 e. The minimum absolute atomic E-state index is 0.0722. The van der Waals surface area contributed by atoms with Crippen molar-refractivity contribution in [3.05, 3.63) is 45.9 Å². The molecule has 1 heterocycles. The van der Waals surface area contributed by atoms with Crippen molar-refractivity contribution < 1.29 is 4.79 Å². The van der Waals surface area contributed by atoms with Crippen molar-refractivity contribution in [2.45, 2.75) is 26.8 Å². The van der Waals surface area contributed by atoms with E-state index >= 15 is 0 Å². The lowest BCUT2D eigenvalue weighted by atomic mass is 10.1. The highest BCUT2D eigenvalue weighted by atomic mass is 32.1. The third-order valence-electron chi connectivity index (χ3n) is 2.81. The predicted octanol–water partition coefficient (Wildman–Crippen LogP) is 3.20. The summed E-state index contributed by atoms with van der Waals surface area (Å²) in [6, 6.07) is 7.57. The molecule has 1 amide bonds. The van der Waals surface area contributed by atoms with Gasteiger partial charge in [-0.15, -0.1) is 11.3 Å². The average Bonchev–Trinajstić information content (AvgIpc) is 2.88. The maximum atomic E-state index is 12.2. The van der Waals surface area contributed by atoms with Gasteiger partial charge >= 0.3 is 0 Å². The van der Waals surface area contributed by atoms with E-state index in [1.165, 1.54) is 0 Å². The largest absolute Gasteiger partial charge is 0.384 e. The van der Waals surface area contributed by atoms with Gasteiger partial charge in [0.25, 0.3) is 5.91 Å². The number of para-hydroxylation sites is 1. The van der Waals surface area contributed by atoms with Crippen LogP contribution in [0.5, 0.6) is 0 Å². The maximum Gasteiger partial charge on any atom is 0.253 e. The Hall–Kier alpha value is -1.88. The van der Waals surface area contributed by atoms with Gasteiger partial charge in [-0.3, -0.25) is 4.79 Å². The van der Waals surface area contributed by atoms with Crippen molar-refractivity contribution in [2.24, 2.45) is 0 Å². The second-order valence-corrected chi connectivity index (χ2v) is 5.84. The molecule has 0 aliphatic carbocycles. The van der Waals surface area contributed by atoms with Crippen LogP contribution in [0.3, 0.4) is 0 Å². The SMILES string of the molecule is CCCNc1ccccc1C(=O)NCc1ncc(C)s1. The summed E-state index contributed by atoms with van der Waals surface area (Å²) in [4.78, 5) is 17.6. The molecule has 2 N–H and O–H groups in total. The van der Waals surface area contributed by atoms with Crippen LogP contribution in [0.15, 0.2) is 30.5 Å². The fourth-order valence-electron chi connectivity index (χ4n) is 1.83. The zero-order valence-electron chi connectivity index (χ0n) is 11.8. The Kier molecular flexibility index (Phi) is 5.12. The second-order valence-electron chi connectivity index (χ2n) is 4.52. The van der Waals surface area contributed by atoms with Crippen molar-refractivity contribution in [1.29, 1.82) is 0 Å². The van der Waals surface area contributed by atoms with Gasteiger partial charge in [0.1, 0.15) is 5.01 Å². The van der Waals surface area contributed by atoms with E-state index in [1.54, 1.807) is 11.3 Å². The molecule has 0 fully saturated rings. The molecule has 0 radical (unpaired) electrons. The smallest absolute Gasteiger partial charge is 0.253 e. The molecule has 5 heteroatoms. The molecule has 0 saturated carbocycles. The van der Waals surface area contributed by atoms with E-state index in [-0.39, 0.29) is 5.91 Å². The van der Waals surface area contributed by atoms with Crippen LogP contribution in [0.1, 0.15) is 33.6 Å². The quantitative estimate of drug-likeness (QED) is 0.858. The topological polar surface area (TPSA) is 54.0 Å². The number of carbonyl (C=O) groups excluding carboxylic acids is 1. The molecular weight excluding hydrogens is 270 g/mol. The number of thiazole rings is 1. The summed E-state index contributed by atoms with van der Waals surface area (Å²) in [6.45, 7) is 5.43. The summed E-state index contributed by atoms with van der Waals surface area (Å²) in [5.41, 5.74) is 1.55. The number of nitrogens with zero attached hydrogens (tertiary/aromatic N) is 1. The average molecular weight is 289 g/mol. The molecule has 4 nitrogen and oxygen atoms in total. The van der Waals surface area contributed by atoms with E-state index in [0.29, 0.717) is 12.1 Å². The van der Waals surface area contributed by atoms with E-state index in [0.717, 1.165) is 28.5 Å². The Morgan fingerprint density at radius 1 is 1.35 bits per heavy atom. The lowest BCUT2D eigenvalue weighted by Gasteiger charge is -2.11. The molecule has 20 heavy (non-hydrogen) atoms. The molecule has 0 saturated heterocycles. The van der Waals surface area contributed by atoms with Crippen LogP contribution in [0, 0.1) is 6.92 Å². The summed E-state index contributed by atoms with van der Waals surface area (Å²) >= 11 is 1.60. The highest BCUT2D eigenvalue weighted by Gasteiger charge is 2.10. The fourth-order valence-corrected chi connectivity index (χ4v) is 2.56. The molecule has 0 bridgehead atoms. The van der Waals surface area contributed by atoms with Crippen LogP contribution >= 0.6 is 11.3 Å². The number of rotatable bonds is 6. The van der Waals surface area contributed by atoms with Gasteiger partial charge in [0.2, 0.25) is 0 Å². The van der Waals surface area contributed by atoms with Crippen LogP contribution in [0.4, 0.5) is 5.69 Å². The second kappa shape index (κ2) is 7.05. The molecule has 0 aliphatic rings. The maximum absolute atomic E-state index is 12.2. The van der Waals surface area contributed by atoms with Gasteiger partial charge in [0, 0.05) is 23.3 Å². The molecule has 1 aromatic carbocycles. The number of aryl methyl sites for hydroxylation is 1. The zero-order valence-corrected chi connectivity index (χ0v) is 12.6. The first kappa shape index (κ1) is 14.5. The Labute approximate surface area is 123 Å². The van der Waals surface area contributed by atoms with Gasteiger partial charge in [-0.05, 0) is 25.5 Å². The van der Waals surface area contributed by atoms with Crippen LogP contribution in [0.25, 0.3) is 0 Å². The van der Waals surface area contributed by atoms with E-state index in [9.17, 15) is 4.79 Å². The van der Waals surface area contributed by atoms with Crippen molar-refractivity contribution >= 4 is 22.9 Å². The zero-order chi connectivity index (χ0) is 14.4. The van der Waals surface area contributed by atoms with E-state index in [4.69, 9.17) is 0 Å².